The molecule has 1 spiro atoms. The molecule has 0 radical (unpaired) electrons. The van der Waals surface area contributed by atoms with Crippen molar-refractivity contribution in [1.82, 2.24) is 9.80 Å². The van der Waals surface area contributed by atoms with Crippen LogP contribution in [0.2, 0.25) is 0 Å². The smallest absolute Gasteiger partial charge is 0.246 e. The summed E-state index contributed by atoms with van der Waals surface area (Å²) in [6, 6.07) is 7.45. The van der Waals surface area contributed by atoms with Crippen LogP contribution in [0.15, 0.2) is 30.3 Å². The summed E-state index contributed by atoms with van der Waals surface area (Å²) in [5.74, 6) is -9.62. The van der Waals surface area contributed by atoms with Crippen molar-refractivity contribution in [2.75, 3.05) is 38.1 Å². The Morgan fingerprint density at radius 1 is 0.973 bits per heavy atom. The summed E-state index contributed by atoms with van der Waals surface area (Å²) in [7, 11) is 0. The third kappa shape index (κ3) is 5.56. The first-order chi connectivity index (χ1) is 17.7. The van der Waals surface area contributed by atoms with Gasteiger partial charge >= 0.3 is 0 Å². The number of carbonyl (C=O) groups is 1. The number of hydrogen-bond acceptors (Lipinski definition) is 3. The van der Waals surface area contributed by atoms with E-state index in [9.17, 15) is 26.7 Å². The molecule has 2 aliphatic rings. The molecule has 198 valence electrons. The molecule has 0 saturated carbocycles. The molecule has 2 saturated heterocycles. The van der Waals surface area contributed by atoms with Gasteiger partial charge in [0, 0.05) is 37.8 Å². The van der Waals surface area contributed by atoms with Crippen LogP contribution in [0.5, 0.6) is 5.75 Å². The second-order valence-electron chi connectivity index (χ2n) is 9.18. The lowest BCUT2D eigenvalue weighted by molar-refractivity contribution is -0.128. The first kappa shape index (κ1) is 26.8. The fraction of sp³-hybridized carbons (Fsp3) is 0.385. The summed E-state index contributed by atoms with van der Waals surface area (Å²) in [4.78, 5) is 16.2. The molecule has 2 aromatic rings. The molecule has 1 N–H and O–H groups in total. The van der Waals surface area contributed by atoms with Gasteiger partial charge in [0.05, 0.1) is 6.61 Å². The average molecular weight is 540 g/mol. The van der Waals surface area contributed by atoms with Crippen LogP contribution >= 0.6 is 12.2 Å². The highest BCUT2D eigenvalue weighted by atomic mass is 32.1. The predicted octanol–water partition coefficient (Wildman–Crippen LogP) is 5.51. The number of ether oxygens (including phenoxy) is 1. The minimum Gasteiger partial charge on any atom is -0.493 e. The maximum Gasteiger partial charge on any atom is 0.246 e. The summed E-state index contributed by atoms with van der Waals surface area (Å²) in [5.41, 5.74) is -0.516. The minimum absolute atomic E-state index is 0.112. The second kappa shape index (κ2) is 11.0. The summed E-state index contributed by atoms with van der Waals surface area (Å²) in [6.45, 7) is 4.38. The van der Waals surface area contributed by atoms with Gasteiger partial charge in [-0.3, -0.25) is 4.79 Å². The van der Waals surface area contributed by atoms with E-state index in [0.717, 1.165) is 12.0 Å². The van der Waals surface area contributed by atoms with Crippen molar-refractivity contribution in [3.05, 3.63) is 65.0 Å². The molecule has 0 aliphatic carbocycles. The molecule has 0 bridgehead atoms. The topological polar surface area (TPSA) is 44.8 Å². The van der Waals surface area contributed by atoms with Crippen molar-refractivity contribution < 1.29 is 31.5 Å². The highest BCUT2D eigenvalue weighted by molar-refractivity contribution is 7.80. The van der Waals surface area contributed by atoms with Crippen molar-refractivity contribution in [2.24, 2.45) is 5.41 Å². The third-order valence-corrected chi connectivity index (χ3v) is 7.29. The van der Waals surface area contributed by atoms with Crippen LogP contribution in [0, 0.1) is 34.5 Å². The van der Waals surface area contributed by atoms with E-state index in [1.165, 1.54) is 6.08 Å². The molecule has 2 aromatic carbocycles. The Kier molecular flexibility index (Phi) is 8.01. The molecule has 11 heteroatoms. The van der Waals surface area contributed by atoms with E-state index in [1.807, 2.05) is 31.2 Å². The van der Waals surface area contributed by atoms with Gasteiger partial charge < -0.3 is 19.9 Å². The maximum absolute atomic E-state index is 14.0. The van der Waals surface area contributed by atoms with Crippen molar-refractivity contribution in [3.8, 4) is 5.75 Å². The predicted molar refractivity (Wildman–Crippen MR) is 134 cm³/mol. The maximum atomic E-state index is 14.0. The number of rotatable bonds is 5. The van der Waals surface area contributed by atoms with Crippen LogP contribution in [-0.2, 0) is 4.79 Å². The van der Waals surface area contributed by atoms with Crippen molar-refractivity contribution in [3.63, 3.8) is 0 Å². The van der Waals surface area contributed by atoms with E-state index in [0.29, 0.717) is 51.4 Å². The lowest BCUT2D eigenvalue weighted by Gasteiger charge is -2.39. The quantitative estimate of drug-likeness (QED) is 0.179. The molecule has 5 nitrogen and oxygen atoms in total. The monoisotopic (exact) mass is 539 g/mol. The molecular formula is C26H26F5N3O2S. The molecule has 2 fully saturated rings. The van der Waals surface area contributed by atoms with Gasteiger partial charge in [0.25, 0.3) is 0 Å². The first-order valence-corrected chi connectivity index (χ1v) is 12.3. The van der Waals surface area contributed by atoms with Gasteiger partial charge in [0.2, 0.25) is 11.7 Å². The Hall–Kier alpha value is -3.21. The summed E-state index contributed by atoms with van der Waals surface area (Å²) in [5, 5.41) is 2.08. The Labute approximate surface area is 216 Å². The van der Waals surface area contributed by atoms with Crippen LogP contribution < -0.4 is 10.1 Å². The standard InChI is InChI=1S/C26H26F5N3O2S/c1-2-36-17-6-4-3-5-16(17)7-8-18(35)33-12-9-26(10-13-33)11-14-34(15-26)25(37)32-24-22(30)20(28)19(27)21(29)23(24)31/h3-8H,2,9-15H2,1H3,(H,32,37)/b8-7+. The third-order valence-electron chi connectivity index (χ3n) is 6.93. The average Bonchev–Trinajstić information content (AvgIpc) is 3.32. The van der Waals surface area contributed by atoms with Gasteiger partial charge in [0.1, 0.15) is 11.4 Å². The van der Waals surface area contributed by atoms with Crippen molar-refractivity contribution >= 4 is 35.0 Å². The highest BCUT2D eigenvalue weighted by Gasteiger charge is 2.42. The van der Waals surface area contributed by atoms with Crippen LogP contribution in [0.3, 0.4) is 0 Å². The van der Waals surface area contributed by atoms with E-state index in [4.69, 9.17) is 17.0 Å². The van der Waals surface area contributed by atoms with Crippen LogP contribution in [0.4, 0.5) is 27.6 Å². The molecule has 0 aromatic heterocycles. The van der Waals surface area contributed by atoms with Gasteiger partial charge in [-0.25, -0.2) is 22.0 Å². The SMILES string of the molecule is CCOc1ccccc1/C=C/C(=O)N1CCC2(CC1)CCN(C(=S)Nc1c(F)c(F)c(F)c(F)c1F)C2. The molecule has 1 amide bonds. The molecule has 0 unspecified atom stereocenters. The number of thiocarbonyl (C=S) groups is 1. The number of hydrogen-bond donors (Lipinski definition) is 1. The summed E-state index contributed by atoms with van der Waals surface area (Å²) < 4.78 is 74.0. The summed E-state index contributed by atoms with van der Waals surface area (Å²) in [6.07, 6.45) is 5.39. The molecule has 4 rings (SSSR count). The number of carbonyl (C=O) groups excluding carboxylic acids is 1. The van der Waals surface area contributed by atoms with Crippen LogP contribution in [0.1, 0.15) is 31.7 Å². The second-order valence-corrected chi connectivity index (χ2v) is 9.56. The zero-order valence-electron chi connectivity index (χ0n) is 20.1. The zero-order chi connectivity index (χ0) is 26.7. The largest absolute Gasteiger partial charge is 0.493 e. The van der Waals surface area contributed by atoms with E-state index >= 15 is 0 Å². The number of halogens is 5. The fourth-order valence-electron chi connectivity index (χ4n) is 4.79. The Bertz CT molecular complexity index is 1200. The van der Waals surface area contributed by atoms with Crippen molar-refractivity contribution in [1.29, 1.82) is 0 Å². The number of nitrogens with zero attached hydrogens (tertiary/aromatic N) is 2. The van der Waals surface area contributed by atoms with E-state index in [2.05, 4.69) is 5.32 Å². The van der Waals surface area contributed by atoms with Crippen LogP contribution in [-0.4, -0.2) is 53.6 Å². The normalized spacial score (nSPS) is 17.0. The number of amides is 1. The van der Waals surface area contributed by atoms with E-state index < -0.39 is 34.8 Å². The minimum atomic E-state index is -2.22. The molecule has 2 aliphatic heterocycles. The van der Waals surface area contributed by atoms with Crippen molar-refractivity contribution in [2.45, 2.75) is 26.2 Å². The number of benzene rings is 2. The van der Waals surface area contributed by atoms with E-state index in [1.54, 1.807) is 15.9 Å². The number of likely N-dealkylation sites (tertiary alicyclic amines) is 2. The van der Waals surface area contributed by atoms with Crippen LogP contribution in [0.25, 0.3) is 6.08 Å². The molecule has 0 atom stereocenters. The van der Waals surface area contributed by atoms with Gasteiger partial charge in [-0.05, 0) is 56.0 Å². The summed E-state index contributed by atoms with van der Waals surface area (Å²) >= 11 is 5.22. The Morgan fingerprint density at radius 3 is 2.16 bits per heavy atom. The number of piperidine rings is 1. The number of anilines is 1. The Morgan fingerprint density at radius 2 is 1.54 bits per heavy atom. The number of para-hydroxylation sites is 1. The lowest BCUT2D eigenvalue weighted by Crippen LogP contribution is -2.44. The van der Waals surface area contributed by atoms with Gasteiger partial charge in [0.15, 0.2) is 28.4 Å². The van der Waals surface area contributed by atoms with Gasteiger partial charge in [-0.2, -0.15) is 0 Å². The molecule has 2 heterocycles. The lowest BCUT2D eigenvalue weighted by atomic mass is 9.78. The molecule has 37 heavy (non-hydrogen) atoms. The highest BCUT2D eigenvalue weighted by Crippen LogP contribution is 2.41. The Balaban J connectivity index is 1.34. The van der Waals surface area contributed by atoms with E-state index in [-0.39, 0.29) is 16.4 Å². The van der Waals surface area contributed by atoms with Gasteiger partial charge in [-0.1, -0.05) is 18.2 Å². The molecular weight excluding hydrogens is 513 g/mol. The number of nitrogens with one attached hydrogen (secondary N) is 1. The first-order valence-electron chi connectivity index (χ1n) is 11.9. The zero-order valence-corrected chi connectivity index (χ0v) is 20.9. The fourth-order valence-corrected chi connectivity index (χ4v) is 5.05. The van der Waals surface area contributed by atoms with Gasteiger partial charge in [-0.15, -0.1) is 0 Å².